The molecular weight excluding hydrogens is 352 g/mol. The van der Waals surface area contributed by atoms with Crippen molar-refractivity contribution in [3.05, 3.63) is 0 Å². The lowest BCUT2D eigenvalue weighted by atomic mass is 10.1. The van der Waals surface area contributed by atoms with Crippen LogP contribution in [0.1, 0.15) is 27.7 Å². The van der Waals surface area contributed by atoms with Gasteiger partial charge in [0.1, 0.15) is 12.7 Å². The van der Waals surface area contributed by atoms with E-state index in [4.69, 9.17) is 39.6 Å². The lowest BCUT2D eigenvalue weighted by Gasteiger charge is -2.35. The molecule has 2 saturated heterocycles. The van der Waals surface area contributed by atoms with Gasteiger partial charge in [-0.05, 0) is 27.7 Å². The standard InChI is InChI=1S/C20H34O7/c1-6-7-23-18(14-21-8-16-10-24-19(2,3)25-11-16)15-22-9-17-12-26-20(4,5)27-13-17/h1,16-18H,7-15H2,2-5H3. The molecule has 0 spiro atoms. The van der Waals surface area contributed by atoms with E-state index in [9.17, 15) is 0 Å². The average Bonchev–Trinajstić information content (AvgIpc) is 2.62. The molecule has 27 heavy (non-hydrogen) atoms. The van der Waals surface area contributed by atoms with Crippen LogP contribution >= 0.6 is 0 Å². The second-order valence-electron chi connectivity index (χ2n) is 7.99. The van der Waals surface area contributed by atoms with Crippen LogP contribution in [0.3, 0.4) is 0 Å². The van der Waals surface area contributed by atoms with Crippen molar-refractivity contribution >= 4 is 0 Å². The molecule has 0 bridgehead atoms. The third kappa shape index (κ3) is 8.88. The largest absolute Gasteiger partial charge is 0.378 e. The van der Waals surface area contributed by atoms with E-state index in [1.54, 1.807) is 0 Å². The van der Waals surface area contributed by atoms with Crippen molar-refractivity contribution in [2.45, 2.75) is 45.4 Å². The molecule has 0 aromatic rings. The Balaban J connectivity index is 1.62. The van der Waals surface area contributed by atoms with Crippen LogP contribution in [-0.2, 0) is 33.2 Å². The third-order valence-corrected chi connectivity index (χ3v) is 4.38. The van der Waals surface area contributed by atoms with Gasteiger partial charge in [-0.25, -0.2) is 0 Å². The topological polar surface area (TPSA) is 64.6 Å². The van der Waals surface area contributed by atoms with Gasteiger partial charge in [-0.2, -0.15) is 0 Å². The molecule has 0 atom stereocenters. The van der Waals surface area contributed by atoms with Crippen molar-refractivity contribution < 1.29 is 33.2 Å². The summed E-state index contributed by atoms with van der Waals surface area (Å²) in [5.74, 6) is 1.89. The SMILES string of the molecule is C#CCOC(COCC1COC(C)(C)OC1)COCC1COC(C)(C)OC1. The summed E-state index contributed by atoms with van der Waals surface area (Å²) in [4.78, 5) is 0. The summed E-state index contributed by atoms with van der Waals surface area (Å²) in [7, 11) is 0. The van der Waals surface area contributed by atoms with Crippen LogP contribution < -0.4 is 0 Å². The van der Waals surface area contributed by atoms with Gasteiger partial charge in [0.25, 0.3) is 0 Å². The minimum absolute atomic E-state index is 0.215. The summed E-state index contributed by atoms with van der Waals surface area (Å²) in [5.41, 5.74) is 0. The second-order valence-corrected chi connectivity index (χ2v) is 7.99. The van der Waals surface area contributed by atoms with Gasteiger partial charge >= 0.3 is 0 Å². The van der Waals surface area contributed by atoms with Crippen LogP contribution in [0.25, 0.3) is 0 Å². The highest BCUT2D eigenvalue weighted by molar-refractivity contribution is 4.83. The summed E-state index contributed by atoms with van der Waals surface area (Å²) in [6.07, 6.45) is 5.08. The molecule has 7 nitrogen and oxygen atoms in total. The second kappa shape index (κ2) is 10.7. The van der Waals surface area contributed by atoms with Crippen molar-refractivity contribution in [2.24, 2.45) is 11.8 Å². The first kappa shape index (κ1) is 22.6. The summed E-state index contributed by atoms with van der Waals surface area (Å²) in [6.45, 7) is 12.3. The van der Waals surface area contributed by atoms with Crippen molar-refractivity contribution in [1.82, 2.24) is 0 Å². The van der Waals surface area contributed by atoms with Crippen LogP contribution in [0.15, 0.2) is 0 Å². The van der Waals surface area contributed by atoms with Crippen molar-refractivity contribution in [3.8, 4) is 12.3 Å². The lowest BCUT2D eigenvalue weighted by Crippen LogP contribution is -2.41. The maximum absolute atomic E-state index is 5.79. The Morgan fingerprint density at radius 1 is 0.852 bits per heavy atom. The molecule has 0 amide bonds. The van der Waals surface area contributed by atoms with E-state index in [2.05, 4.69) is 5.92 Å². The average molecular weight is 386 g/mol. The van der Waals surface area contributed by atoms with Gasteiger partial charge in [-0.3, -0.25) is 0 Å². The van der Waals surface area contributed by atoms with Crippen LogP contribution in [0.5, 0.6) is 0 Å². The van der Waals surface area contributed by atoms with Crippen molar-refractivity contribution in [1.29, 1.82) is 0 Å². The van der Waals surface area contributed by atoms with Crippen LogP contribution in [-0.4, -0.2) is 77.1 Å². The minimum Gasteiger partial charge on any atom is -0.378 e. The van der Waals surface area contributed by atoms with E-state index < -0.39 is 11.6 Å². The van der Waals surface area contributed by atoms with Crippen molar-refractivity contribution in [3.63, 3.8) is 0 Å². The van der Waals surface area contributed by atoms with E-state index in [1.807, 2.05) is 27.7 Å². The summed E-state index contributed by atoms with van der Waals surface area (Å²) < 4.78 is 39.8. The first-order chi connectivity index (χ1) is 12.8. The molecule has 0 saturated carbocycles. The van der Waals surface area contributed by atoms with Gasteiger partial charge < -0.3 is 33.2 Å². The maximum atomic E-state index is 5.79. The molecule has 2 rings (SSSR count). The monoisotopic (exact) mass is 386 g/mol. The van der Waals surface area contributed by atoms with E-state index in [0.717, 1.165) is 0 Å². The first-order valence-corrected chi connectivity index (χ1v) is 9.56. The molecule has 0 unspecified atom stereocenters. The maximum Gasteiger partial charge on any atom is 0.162 e. The minimum atomic E-state index is -0.509. The van der Waals surface area contributed by atoms with Crippen molar-refractivity contribution in [2.75, 3.05) is 59.5 Å². The Hall–Kier alpha value is -0.720. The number of hydrogen-bond acceptors (Lipinski definition) is 7. The molecular formula is C20H34O7. The molecule has 2 aliphatic rings. The highest BCUT2D eigenvalue weighted by Gasteiger charge is 2.29. The molecule has 2 aliphatic heterocycles. The molecule has 0 aromatic carbocycles. The van der Waals surface area contributed by atoms with E-state index in [0.29, 0.717) is 52.9 Å². The van der Waals surface area contributed by atoms with Gasteiger partial charge in [-0.15, -0.1) is 6.42 Å². The van der Waals surface area contributed by atoms with Crippen LogP contribution in [0.2, 0.25) is 0 Å². The fourth-order valence-electron chi connectivity index (χ4n) is 2.69. The quantitative estimate of drug-likeness (QED) is 0.531. The first-order valence-electron chi connectivity index (χ1n) is 9.56. The number of hydrogen-bond donors (Lipinski definition) is 0. The molecule has 2 fully saturated rings. The molecule has 0 radical (unpaired) electrons. The van der Waals surface area contributed by atoms with E-state index in [-0.39, 0.29) is 24.5 Å². The predicted octanol–water partition coefficient (Wildman–Crippen LogP) is 1.84. The molecule has 156 valence electrons. The van der Waals surface area contributed by atoms with Gasteiger partial charge in [0.05, 0.1) is 52.9 Å². The van der Waals surface area contributed by atoms with Crippen LogP contribution in [0.4, 0.5) is 0 Å². The lowest BCUT2D eigenvalue weighted by molar-refractivity contribution is -0.267. The number of terminal acetylenes is 1. The zero-order valence-electron chi connectivity index (χ0n) is 17.0. The summed E-state index contributed by atoms with van der Waals surface area (Å²) in [6, 6.07) is 0. The fourth-order valence-corrected chi connectivity index (χ4v) is 2.69. The molecule has 0 N–H and O–H groups in total. The van der Waals surface area contributed by atoms with Gasteiger partial charge in [0.15, 0.2) is 11.6 Å². The fraction of sp³-hybridized carbons (Fsp3) is 0.900. The summed E-state index contributed by atoms with van der Waals surface area (Å²) in [5, 5.41) is 0. The van der Waals surface area contributed by atoms with Crippen LogP contribution in [0, 0.1) is 24.2 Å². The van der Waals surface area contributed by atoms with Gasteiger partial charge in [-0.1, -0.05) is 5.92 Å². The van der Waals surface area contributed by atoms with E-state index in [1.165, 1.54) is 0 Å². The highest BCUT2D eigenvalue weighted by atomic mass is 16.7. The smallest absolute Gasteiger partial charge is 0.162 e. The zero-order chi connectivity index (χ0) is 19.8. The number of rotatable bonds is 10. The molecule has 2 heterocycles. The Labute approximate surface area is 162 Å². The molecule has 0 aliphatic carbocycles. The zero-order valence-corrected chi connectivity index (χ0v) is 17.0. The van der Waals surface area contributed by atoms with Gasteiger partial charge in [0, 0.05) is 11.8 Å². The van der Waals surface area contributed by atoms with Gasteiger partial charge in [0.2, 0.25) is 0 Å². The predicted molar refractivity (Wildman–Crippen MR) is 99.2 cm³/mol. The van der Waals surface area contributed by atoms with E-state index >= 15 is 0 Å². The number of ether oxygens (including phenoxy) is 7. The Morgan fingerprint density at radius 3 is 1.63 bits per heavy atom. The normalized spacial score (nSPS) is 23.4. The third-order valence-electron chi connectivity index (χ3n) is 4.38. The summed E-state index contributed by atoms with van der Waals surface area (Å²) >= 11 is 0. The molecule has 0 aromatic heterocycles. The highest BCUT2D eigenvalue weighted by Crippen LogP contribution is 2.21. The Morgan fingerprint density at radius 2 is 1.26 bits per heavy atom. The Bertz CT molecular complexity index is 417. The molecule has 7 heteroatoms. The Kier molecular flexibility index (Phi) is 8.96.